The van der Waals surface area contributed by atoms with Gasteiger partial charge in [-0.3, -0.25) is 14.2 Å². The van der Waals surface area contributed by atoms with Crippen molar-refractivity contribution in [2.75, 3.05) is 6.54 Å². The van der Waals surface area contributed by atoms with Gasteiger partial charge in [-0.15, -0.1) is 0 Å². The number of rotatable bonds is 6. The van der Waals surface area contributed by atoms with E-state index in [1.54, 1.807) is 10.6 Å². The van der Waals surface area contributed by atoms with Crippen LogP contribution in [0.3, 0.4) is 0 Å². The molecule has 1 N–H and O–H groups in total. The molecule has 0 spiro atoms. The first-order valence-electron chi connectivity index (χ1n) is 9.46. The predicted octanol–water partition coefficient (Wildman–Crippen LogP) is 4.01. The molecule has 0 saturated carbocycles. The number of carbonyl (C=O) groups is 1. The molecule has 0 bridgehead atoms. The first-order chi connectivity index (χ1) is 13.4. The lowest BCUT2D eigenvalue weighted by Gasteiger charge is -2.18. The second-order valence-corrected chi connectivity index (χ2v) is 8.13. The van der Waals surface area contributed by atoms with Crippen molar-refractivity contribution in [2.24, 2.45) is 0 Å². The van der Waals surface area contributed by atoms with Crippen LogP contribution >= 0.6 is 11.8 Å². The fourth-order valence-electron chi connectivity index (χ4n) is 2.99. The van der Waals surface area contributed by atoms with Crippen LogP contribution in [0.25, 0.3) is 16.6 Å². The lowest BCUT2D eigenvalue weighted by molar-refractivity contribution is -0.120. The lowest BCUT2D eigenvalue weighted by Crippen LogP contribution is -2.32. The van der Waals surface area contributed by atoms with Crippen molar-refractivity contribution >= 4 is 28.6 Å². The molecule has 3 rings (SSSR count). The van der Waals surface area contributed by atoms with Gasteiger partial charge in [0, 0.05) is 6.54 Å². The van der Waals surface area contributed by atoms with Crippen molar-refractivity contribution < 1.29 is 4.79 Å². The zero-order valence-electron chi connectivity index (χ0n) is 16.7. The standard InChI is InChI=1S/C22H25N3O2S/c1-5-13-23-20(26)16(4)28-22-24-18-11-7-6-10-17(18)21(27)25(22)19-12-8-9-14(2)15(19)3/h6-12,16H,5,13H2,1-4H3,(H,23,26)/t16-/m0/s1. The average Bonchev–Trinajstić information content (AvgIpc) is 2.69. The van der Waals surface area contributed by atoms with Gasteiger partial charge in [0.05, 0.1) is 21.8 Å². The van der Waals surface area contributed by atoms with Gasteiger partial charge in [0.25, 0.3) is 5.56 Å². The third-order valence-electron chi connectivity index (χ3n) is 4.76. The van der Waals surface area contributed by atoms with Crippen LogP contribution in [0.2, 0.25) is 0 Å². The zero-order chi connectivity index (χ0) is 20.3. The number of benzene rings is 2. The van der Waals surface area contributed by atoms with E-state index in [0.29, 0.717) is 22.6 Å². The molecule has 28 heavy (non-hydrogen) atoms. The molecule has 0 radical (unpaired) electrons. The van der Waals surface area contributed by atoms with Crippen LogP contribution in [-0.2, 0) is 4.79 Å². The molecule has 0 aliphatic heterocycles. The van der Waals surface area contributed by atoms with Crippen molar-refractivity contribution in [3.63, 3.8) is 0 Å². The molecule has 0 aliphatic carbocycles. The molecule has 0 fully saturated rings. The molecule has 2 aromatic carbocycles. The summed E-state index contributed by atoms with van der Waals surface area (Å²) < 4.78 is 1.64. The molecule has 1 aromatic heterocycles. The second-order valence-electron chi connectivity index (χ2n) is 6.82. The number of hydrogen-bond donors (Lipinski definition) is 1. The van der Waals surface area contributed by atoms with Crippen LogP contribution in [0, 0.1) is 13.8 Å². The Bertz CT molecular complexity index is 1080. The van der Waals surface area contributed by atoms with Crippen molar-refractivity contribution in [1.29, 1.82) is 0 Å². The van der Waals surface area contributed by atoms with Crippen molar-refractivity contribution in [3.05, 3.63) is 63.9 Å². The molecular formula is C22H25N3O2S. The highest BCUT2D eigenvalue weighted by molar-refractivity contribution is 8.00. The van der Waals surface area contributed by atoms with Gasteiger partial charge in [0.2, 0.25) is 5.91 Å². The Labute approximate surface area is 169 Å². The van der Waals surface area contributed by atoms with Gasteiger partial charge in [-0.05, 0) is 56.5 Å². The zero-order valence-corrected chi connectivity index (χ0v) is 17.5. The van der Waals surface area contributed by atoms with Crippen LogP contribution in [0.15, 0.2) is 52.4 Å². The quantitative estimate of drug-likeness (QED) is 0.506. The van der Waals surface area contributed by atoms with Gasteiger partial charge in [-0.25, -0.2) is 4.98 Å². The minimum Gasteiger partial charge on any atom is -0.355 e. The molecule has 5 nitrogen and oxygen atoms in total. The van der Waals surface area contributed by atoms with Crippen molar-refractivity contribution in [3.8, 4) is 5.69 Å². The molecule has 1 atom stereocenters. The fraction of sp³-hybridized carbons (Fsp3) is 0.318. The number of fused-ring (bicyclic) bond motifs is 1. The highest BCUT2D eigenvalue weighted by Gasteiger charge is 2.20. The number of nitrogens with one attached hydrogen (secondary N) is 1. The van der Waals surface area contributed by atoms with Crippen LogP contribution in [0.4, 0.5) is 0 Å². The molecule has 146 valence electrons. The van der Waals surface area contributed by atoms with E-state index in [9.17, 15) is 9.59 Å². The third kappa shape index (κ3) is 3.97. The van der Waals surface area contributed by atoms with E-state index in [2.05, 4.69) is 5.32 Å². The summed E-state index contributed by atoms with van der Waals surface area (Å²) in [5.41, 5.74) is 3.43. The maximum absolute atomic E-state index is 13.3. The Morgan fingerprint density at radius 3 is 2.68 bits per heavy atom. The molecule has 6 heteroatoms. The summed E-state index contributed by atoms with van der Waals surface area (Å²) in [5.74, 6) is -0.0539. The molecule has 0 unspecified atom stereocenters. The Balaban J connectivity index is 2.16. The minimum atomic E-state index is -0.365. The monoisotopic (exact) mass is 395 g/mol. The largest absolute Gasteiger partial charge is 0.355 e. The maximum atomic E-state index is 13.3. The van der Waals surface area contributed by atoms with E-state index in [-0.39, 0.29) is 16.7 Å². The first-order valence-corrected chi connectivity index (χ1v) is 10.3. The summed E-state index contributed by atoms with van der Waals surface area (Å²) in [7, 11) is 0. The van der Waals surface area contributed by atoms with E-state index in [1.165, 1.54) is 11.8 Å². The van der Waals surface area contributed by atoms with E-state index in [0.717, 1.165) is 23.2 Å². The normalized spacial score (nSPS) is 12.1. The molecule has 1 heterocycles. The third-order valence-corrected chi connectivity index (χ3v) is 5.81. The number of thioether (sulfide) groups is 1. The Kier molecular flexibility index (Phi) is 6.19. The maximum Gasteiger partial charge on any atom is 0.266 e. The molecule has 0 aliphatic rings. The SMILES string of the molecule is CCCNC(=O)[C@H](C)Sc1nc2ccccc2c(=O)n1-c1cccc(C)c1C. The number of amides is 1. The molecule has 1 amide bonds. The summed E-state index contributed by atoms with van der Waals surface area (Å²) in [5, 5.41) is 3.63. The summed E-state index contributed by atoms with van der Waals surface area (Å²) >= 11 is 1.31. The van der Waals surface area contributed by atoms with Gasteiger partial charge < -0.3 is 5.32 Å². The highest BCUT2D eigenvalue weighted by Crippen LogP contribution is 2.27. The van der Waals surface area contributed by atoms with Gasteiger partial charge in [-0.2, -0.15) is 0 Å². The van der Waals surface area contributed by atoms with E-state index in [4.69, 9.17) is 4.98 Å². The van der Waals surface area contributed by atoms with Gasteiger partial charge in [0.1, 0.15) is 0 Å². The summed E-state index contributed by atoms with van der Waals surface area (Å²) in [6.45, 7) is 8.51. The number of para-hydroxylation sites is 1. The molecule has 0 saturated heterocycles. The van der Waals surface area contributed by atoms with E-state index in [1.807, 2.05) is 64.1 Å². The van der Waals surface area contributed by atoms with Gasteiger partial charge in [-0.1, -0.05) is 43.0 Å². The lowest BCUT2D eigenvalue weighted by atomic mass is 10.1. The molecule has 3 aromatic rings. The van der Waals surface area contributed by atoms with Gasteiger partial charge >= 0.3 is 0 Å². The van der Waals surface area contributed by atoms with Crippen LogP contribution < -0.4 is 10.9 Å². The van der Waals surface area contributed by atoms with Crippen LogP contribution in [-0.4, -0.2) is 27.3 Å². The van der Waals surface area contributed by atoms with Crippen molar-refractivity contribution in [1.82, 2.24) is 14.9 Å². The fourth-order valence-corrected chi connectivity index (χ4v) is 3.93. The topological polar surface area (TPSA) is 64.0 Å². The Morgan fingerprint density at radius 2 is 1.93 bits per heavy atom. The first kappa shape index (κ1) is 20.1. The summed E-state index contributed by atoms with van der Waals surface area (Å²) in [6.07, 6.45) is 0.880. The second kappa shape index (κ2) is 8.61. The van der Waals surface area contributed by atoms with E-state index >= 15 is 0 Å². The minimum absolute atomic E-state index is 0.0539. The number of carbonyl (C=O) groups excluding carboxylic acids is 1. The summed E-state index contributed by atoms with van der Waals surface area (Å²) in [4.78, 5) is 30.5. The smallest absolute Gasteiger partial charge is 0.266 e. The predicted molar refractivity (Wildman–Crippen MR) is 115 cm³/mol. The molecular weight excluding hydrogens is 370 g/mol. The van der Waals surface area contributed by atoms with Crippen LogP contribution in [0.1, 0.15) is 31.4 Å². The highest BCUT2D eigenvalue weighted by atomic mass is 32.2. The average molecular weight is 396 g/mol. The summed E-state index contributed by atoms with van der Waals surface area (Å²) in [6, 6.07) is 13.2. The number of aryl methyl sites for hydroxylation is 1. The Hall–Kier alpha value is -2.60. The van der Waals surface area contributed by atoms with Crippen molar-refractivity contribution in [2.45, 2.75) is 44.5 Å². The number of aromatic nitrogens is 2. The number of hydrogen-bond acceptors (Lipinski definition) is 4. The van der Waals surface area contributed by atoms with Crippen LogP contribution in [0.5, 0.6) is 0 Å². The van der Waals surface area contributed by atoms with E-state index < -0.39 is 0 Å². The Morgan fingerprint density at radius 1 is 1.18 bits per heavy atom. The van der Waals surface area contributed by atoms with Gasteiger partial charge in [0.15, 0.2) is 5.16 Å². The number of nitrogens with zero attached hydrogens (tertiary/aromatic N) is 2.